The lowest BCUT2D eigenvalue weighted by Gasteiger charge is -2.30. The van der Waals surface area contributed by atoms with Gasteiger partial charge in [0.05, 0.1) is 24.2 Å². The van der Waals surface area contributed by atoms with Crippen LogP contribution in [0.3, 0.4) is 0 Å². The summed E-state index contributed by atoms with van der Waals surface area (Å²) in [6.07, 6.45) is 2.50. The Labute approximate surface area is 124 Å². The number of imidazole rings is 1. The molecule has 1 aliphatic heterocycles. The second-order valence-electron chi connectivity index (χ2n) is 6.02. The average molecular weight is 291 g/mol. The summed E-state index contributed by atoms with van der Waals surface area (Å²) in [6, 6.07) is 4.66. The van der Waals surface area contributed by atoms with E-state index in [-0.39, 0.29) is 12.4 Å². The molecule has 2 aromatic rings. The monoisotopic (exact) mass is 291 g/mol. The smallest absolute Gasteiger partial charge is 0.125 e. The largest absolute Gasteiger partial charge is 0.395 e. The van der Waals surface area contributed by atoms with Crippen molar-refractivity contribution in [1.82, 2.24) is 14.5 Å². The number of benzene rings is 1. The molecular formula is C16H22FN3O. The van der Waals surface area contributed by atoms with Gasteiger partial charge in [-0.3, -0.25) is 4.90 Å². The van der Waals surface area contributed by atoms with Crippen LogP contribution in [0, 0.1) is 11.7 Å². The van der Waals surface area contributed by atoms with Crippen molar-refractivity contribution in [3.8, 4) is 0 Å². The molecule has 2 heterocycles. The lowest BCUT2D eigenvalue weighted by molar-refractivity contribution is 0.170. The third-order valence-corrected chi connectivity index (χ3v) is 4.22. The highest BCUT2D eigenvalue weighted by molar-refractivity contribution is 5.76. The first kappa shape index (κ1) is 14.5. The summed E-state index contributed by atoms with van der Waals surface area (Å²) in [5.74, 6) is 1.36. The molecule has 4 nitrogen and oxygen atoms in total. The molecule has 1 fully saturated rings. The summed E-state index contributed by atoms with van der Waals surface area (Å²) >= 11 is 0. The molecule has 0 bridgehead atoms. The van der Waals surface area contributed by atoms with E-state index >= 15 is 0 Å². The first-order valence-electron chi connectivity index (χ1n) is 7.65. The SMILES string of the molecule is CC1CCCN(Cc2nc3cc(F)ccc3n2CCO)C1. The predicted molar refractivity (Wildman–Crippen MR) is 80.5 cm³/mol. The van der Waals surface area contributed by atoms with Crippen LogP contribution in [0.1, 0.15) is 25.6 Å². The summed E-state index contributed by atoms with van der Waals surface area (Å²) in [6.45, 7) is 5.77. The fourth-order valence-corrected chi connectivity index (χ4v) is 3.25. The molecule has 5 heteroatoms. The first-order chi connectivity index (χ1) is 10.2. The van der Waals surface area contributed by atoms with Gasteiger partial charge in [0.15, 0.2) is 0 Å². The number of rotatable bonds is 4. The number of piperidine rings is 1. The van der Waals surface area contributed by atoms with Crippen LogP contribution in [-0.2, 0) is 13.1 Å². The van der Waals surface area contributed by atoms with Crippen molar-refractivity contribution < 1.29 is 9.50 Å². The quantitative estimate of drug-likeness (QED) is 0.940. The molecule has 1 aliphatic rings. The number of likely N-dealkylation sites (tertiary alicyclic amines) is 1. The number of nitrogens with zero attached hydrogens (tertiary/aromatic N) is 3. The number of aliphatic hydroxyl groups excluding tert-OH is 1. The number of halogens is 1. The summed E-state index contributed by atoms with van der Waals surface area (Å²) in [5.41, 5.74) is 1.56. The van der Waals surface area contributed by atoms with Crippen LogP contribution in [0.2, 0.25) is 0 Å². The van der Waals surface area contributed by atoms with Crippen molar-refractivity contribution in [2.24, 2.45) is 5.92 Å². The van der Waals surface area contributed by atoms with Gasteiger partial charge in [-0.2, -0.15) is 0 Å². The maximum absolute atomic E-state index is 13.4. The zero-order valence-electron chi connectivity index (χ0n) is 12.4. The van der Waals surface area contributed by atoms with E-state index < -0.39 is 0 Å². The van der Waals surface area contributed by atoms with Gasteiger partial charge in [-0.05, 0) is 37.4 Å². The van der Waals surface area contributed by atoms with Gasteiger partial charge in [-0.15, -0.1) is 0 Å². The minimum Gasteiger partial charge on any atom is -0.395 e. The van der Waals surface area contributed by atoms with Gasteiger partial charge in [0.2, 0.25) is 0 Å². The molecule has 1 saturated heterocycles. The van der Waals surface area contributed by atoms with E-state index in [2.05, 4.69) is 16.8 Å². The fraction of sp³-hybridized carbons (Fsp3) is 0.562. The number of aromatic nitrogens is 2. The Morgan fingerprint density at radius 2 is 2.29 bits per heavy atom. The second-order valence-corrected chi connectivity index (χ2v) is 6.02. The molecule has 21 heavy (non-hydrogen) atoms. The predicted octanol–water partition coefficient (Wildman–Crippen LogP) is 2.40. The lowest BCUT2D eigenvalue weighted by atomic mass is 10.0. The van der Waals surface area contributed by atoms with Gasteiger partial charge in [0, 0.05) is 19.2 Å². The normalized spacial score (nSPS) is 20.2. The second kappa shape index (κ2) is 6.12. The van der Waals surface area contributed by atoms with Crippen molar-refractivity contribution >= 4 is 11.0 Å². The molecule has 1 atom stereocenters. The van der Waals surface area contributed by atoms with Crippen LogP contribution >= 0.6 is 0 Å². The molecular weight excluding hydrogens is 269 g/mol. The van der Waals surface area contributed by atoms with E-state index in [0.717, 1.165) is 31.0 Å². The number of hydrogen-bond acceptors (Lipinski definition) is 3. The molecule has 1 aromatic carbocycles. The molecule has 114 valence electrons. The summed E-state index contributed by atoms with van der Waals surface area (Å²) in [4.78, 5) is 6.98. The summed E-state index contributed by atoms with van der Waals surface area (Å²) in [5, 5.41) is 9.29. The van der Waals surface area contributed by atoms with E-state index in [1.165, 1.54) is 25.0 Å². The molecule has 0 saturated carbocycles. The van der Waals surface area contributed by atoms with Crippen molar-refractivity contribution in [2.45, 2.75) is 32.9 Å². The van der Waals surface area contributed by atoms with E-state index in [0.29, 0.717) is 18.0 Å². The third kappa shape index (κ3) is 3.09. The Hall–Kier alpha value is -1.46. The molecule has 0 amide bonds. The standard InChI is InChI=1S/C16H22FN3O/c1-12-3-2-6-19(10-12)11-16-18-14-9-13(17)4-5-15(14)20(16)7-8-21/h4-5,9,12,21H,2-3,6-8,10-11H2,1H3. The Kier molecular flexibility index (Phi) is 4.22. The van der Waals surface area contributed by atoms with E-state index in [1.807, 2.05) is 4.57 Å². The minimum absolute atomic E-state index is 0.0617. The Bertz CT molecular complexity index is 625. The first-order valence-corrected chi connectivity index (χ1v) is 7.65. The van der Waals surface area contributed by atoms with E-state index in [4.69, 9.17) is 0 Å². The zero-order chi connectivity index (χ0) is 14.8. The summed E-state index contributed by atoms with van der Waals surface area (Å²) in [7, 11) is 0. The van der Waals surface area contributed by atoms with Crippen LogP contribution in [0.25, 0.3) is 11.0 Å². The van der Waals surface area contributed by atoms with Crippen LogP contribution in [0.15, 0.2) is 18.2 Å². The average Bonchev–Trinajstić information content (AvgIpc) is 2.76. The summed E-state index contributed by atoms with van der Waals surface area (Å²) < 4.78 is 15.4. The maximum atomic E-state index is 13.4. The van der Waals surface area contributed by atoms with Gasteiger partial charge in [-0.1, -0.05) is 6.92 Å². The van der Waals surface area contributed by atoms with E-state index in [1.54, 1.807) is 6.07 Å². The highest BCUT2D eigenvalue weighted by atomic mass is 19.1. The Balaban J connectivity index is 1.90. The minimum atomic E-state index is -0.269. The van der Waals surface area contributed by atoms with Crippen LogP contribution in [-0.4, -0.2) is 39.3 Å². The van der Waals surface area contributed by atoms with Gasteiger partial charge >= 0.3 is 0 Å². The molecule has 0 radical (unpaired) electrons. The molecule has 1 N–H and O–H groups in total. The highest BCUT2D eigenvalue weighted by Crippen LogP contribution is 2.21. The molecule has 1 aromatic heterocycles. The van der Waals surface area contributed by atoms with Crippen LogP contribution in [0.5, 0.6) is 0 Å². The van der Waals surface area contributed by atoms with Crippen LogP contribution < -0.4 is 0 Å². The molecule has 1 unspecified atom stereocenters. The van der Waals surface area contributed by atoms with Gasteiger partial charge in [-0.25, -0.2) is 9.37 Å². The lowest BCUT2D eigenvalue weighted by Crippen LogP contribution is -2.34. The maximum Gasteiger partial charge on any atom is 0.125 e. The van der Waals surface area contributed by atoms with Crippen molar-refractivity contribution in [3.63, 3.8) is 0 Å². The topological polar surface area (TPSA) is 41.3 Å². The van der Waals surface area contributed by atoms with Crippen molar-refractivity contribution in [2.75, 3.05) is 19.7 Å². The van der Waals surface area contributed by atoms with Crippen molar-refractivity contribution in [3.05, 3.63) is 29.8 Å². The highest BCUT2D eigenvalue weighted by Gasteiger charge is 2.19. The Morgan fingerprint density at radius 3 is 3.05 bits per heavy atom. The third-order valence-electron chi connectivity index (χ3n) is 4.22. The van der Waals surface area contributed by atoms with Gasteiger partial charge in [0.1, 0.15) is 11.6 Å². The fourth-order valence-electron chi connectivity index (χ4n) is 3.25. The molecule has 3 rings (SSSR count). The van der Waals surface area contributed by atoms with Crippen molar-refractivity contribution in [1.29, 1.82) is 0 Å². The number of hydrogen-bond donors (Lipinski definition) is 1. The molecule has 0 spiro atoms. The van der Waals surface area contributed by atoms with Crippen LogP contribution in [0.4, 0.5) is 4.39 Å². The van der Waals surface area contributed by atoms with Gasteiger partial charge < -0.3 is 9.67 Å². The zero-order valence-corrected chi connectivity index (χ0v) is 12.4. The van der Waals surface area contributed by atoms with Gasteiger partial charge in [0.25, 0.3) is 0 Å². The number of aliphatic hydroxyl groups is 1. The Morgan fingerprint density at radius 1 is 1.43 bits per heavy atom. The number of fused-ring (bicyclic) bond motifs is 1. The molecule has 0 aliphatic carbocycles. The van der Waals surface area contributed by atoms with E-state index in [9.17, 15) is 9.50 Å².